The summed E-state index contributed by atoms with van der Waals surface area (Å²) in [5.41, 5.74) is 1.27. The highest BCUT2D eigenvalue weighted by molar-refractivity contribution is 6.20. The molecule has 172 valence electrons. The van der Waals surface area contributed by atoms with Crippen LogP contribution in [0.5, 0.6) is 0 Å². The van der Waals surface area contributed by atoms with Gasteiger partial charge in [0, 0.05) is 19.3 Å². The zero-order valence-electron chi connectivity index (χ0n) is 17.8. The number of Topliss-reactive ketones (excluding diaryl/α,β-unsaturated/α-hetero) is 1. The summed E-state index contributed by atoms with van der Waals surface area (Å²) in [7, 11) is 0. The molecule has 2 atom stereocenters. The second kappa shape index (κ2) is 9.51. The first kappa shape index (κ1) is 22.6. The van der Waals surface area contributed by atoms with Crippen LogP contribution in [0.1, 0.15) is 17.5 Å². The number of halogens is 1. The van der Waals surface area contributed by atoms with Crippen molar-refractivity contribution in [3.63, 3.8) is 0 Å². The molecule has 0 aromatic heterocycles. The molecular weight excluding hydrogens is 429 g/mol. The Bertz CT molecular complexity index is 1070. The molecular formula is C24H24FN3O5. The van der Waals surface area contributed by atoms with Gasteiger partial charge in [-0.2, -0.15) is 0 Å². The summed E-state index contributed by atoms with van der Waals surface area (Å²) >= 11 is 0. The number of carbonyl (C=O) groups is 3. The number of rotatable bonds is 7. The smallest absolute Gasteiger partial charge is 0.340 e. The number of benzene rings is 2. The first-order valence-electron chi connectivity index (χ1n) is 10.6. The fourth-order valence-electron chi connectivity index (χ4n) is 4.15. The van der Waals surface area contributed by atoms with E-state index in [0.29, 0.717) is 18.5 Å². The van der Waals surface area contributed by atoms with Crippen LogP contribution >= 0.6 is 0 Å². The summed E-state index contributed by atoms with van der Waals surface area (Å²) in [5.74, 6) is -3.34. The van der Waals surface area contributed by atoms with Crippen LogP contribution in [0.15, 0.2) is 66.4 Å². The number of hydrogen-bond acceptors (Lipinski definition) is 6. The highest BCUT2D eigenvalue weighted by Crippen LogP contribution is 2.28. The monoisotopic (exact) mass is 453 g/mol. The average Bonchev–Trinajstić information content (AvgIpc) is 2.80. The molecule has 0 spiro atoms. The molecule has 2 aromatic rings. The van der Waals surface area contributed by atoms with Gasteiger partial charge in [0.05, 0.1) is 6.67 Å². The first-order chi connectivity index (χ1) is 15.8. The standard InChI is InChI=1S/C24H24FN3O5/c25-18-10-8-17(9-11-18)13-26-15-27(12-4-7-16-5-2-1-3-6-16)28-14-19(24(32)33)21(29)22(30)20(28)23(26)31/h1-3,5-6,8-11,14,20,22,30H,4,7,12-13,15H2,(H,32,33). The zero-order valence-corrected chi connectivity index (χ0v) is 17.8. The van der Waals surface area contributed by atoms with Gasteiger partial charge in [0.25, 0.3) is 5.91 Å². The molecule has 4 rings (SSSR count). The largest absolute Gasteiger partial charge is 0.478 e. The van der Waals surface area contributed by atoms with Gasteiger partial charge in [-0.15, -0.1) is 0 Å². The second-order valence-corrected chi connectivity index (χ2v) is 8.11. The number of hydrogen-bond donors (Lipinski definition) is 2. The zero-order chi connectivity index (χ0) is 23.5. The topological polar surface area (TPSA) is 101 Å². The molecule has 2 heterocycles. The van der Waals surface area contributed by atoms with Gasteiger partial charge in [-0.1, -0.05) is 42.5 Å². The molecule has 2 unspecified atom stereocenters. The van der Waals surface area contributed by atoms with Gasteiger partial charge in [0.2, 0.25) is 5.78 Å². The lowest BCUT2D eigenvalue weighted by molar-refractivity contribution is -0.181. The van der Waals surface area contributed by atoms with E-state index in [9.17, 15) is 29.0 Å². The number of aliphatic carboxylic acids is 1. The van der Waals surface area contributed by atoms with E-state index in [-0.39, 0.29) is 13.2 Å². The van der Waals surface area contributed by atoms with Gasteiger partial charge in [-0.3, -0.25) is 14.6 Å². The molecule has 2 aliphatic heterocycles. The molecule has 2 aromatic carbocycles. The van der Waals surface area contributed by atoms with E-state index in [1.54, 1.807) is 17.1 Å². The summed E-state index contributed by atoms with van der Waals surface area (Å²) in [4.78, 5) is 38.6. The third-order valence-electron chi connectivity index (χ3n) is 5.85. The van der Waals surface area contributed by atoms with Crippen LogP contribution in [-0.4, -0.2) is 68.1 Å². The lowest BCUT2D eigenvalue weighted by atomic mass is 9.94. The van der Waals surface area contributed by atoms with E-state index >= 15 is 0 Å². The van der Waals surface area contributed by atoms with Crippen molar-refractivity contribution in [1.29, 1.82) is 0 Å². The van der Waals surface area contributed by atoms with E-state index in [4.69, 9.17) is 0 Å². The van der Waals surface area contributed by atoms with E-state index in [1.165, 1.54) is 22.0 Å². The van der Waals surface area contributed by atoms with Gasteiger partial charge in [-0.25, -0.2) is 14.2 Å². The van der Waals surface area contributed by atoms with Crippen LogP contribution in [0.4, 0.5) is 4.39 Å². The van der Waals surface area contributed by atoms with Crippen LogP contribution in [0.25, 0.3) is 0 Å². The van der Waals surface area contributed by atoms with Gasteiger partial charge in [-0.05, 0) is 36.1 Å². The molecule has 9 heteroatoms. The minimum Gasteiger partial charge on any atom is -0.478 e. The fourth-order valence-corrected chi connectivity index (χ4v) is 4.15. The summed E-state index contributed by atoms with van der Waals surface area (Å²) in [6.07, 6.45) is 0.795. The molecule has 0 aliphatic carbocycles. The Hall–Kier alpha value is -3.56. The van der Waals surface area contributed by atoms with Crippen molar-refractivity contribution in [3.05, 3.63) is 83.3 Å². The summed E-state index contributed by atoms with van der Waals surface area (Å²) < 4.78 is 13.3. The molecule has 1 saturated heterocycles. The Kier molecular flexibility index (Phi) is 6.52. The van der Waals surface area contributed by atoms with E-state index < -0.39 is 41.2 Å². The maximum absolute atomic E-state index is 13.3. The highest BCUT2D eigenvalue weighted by Gasteiger charge is 2.49. The molecule has 0 saturated carbocycles. The quantitative estimate of drug-likeness (QED) is 0.614. The Morgan fingerprint density at radius 2 is 1.73 bits per heavy atom. The fraction of sp³-hybridized carbons (Fsp3) is 0.292. The van der Waals surface area contributed by atoms with Crippen molar-refractivity contribution in [2.45, 2.75) is 31.5 Å². The Morgan fingerprint density at radius 1 is 1.03 bits per heavy atom. The van der Waals surface area contributed by atoms with Crippen molar-refractivity contribution in [2.24, 2.45) is 0 Å². The lowest BCUT2D eigenvalue weighted by Gasteiger charge is -2.50. The van der Waals surface area contributed by atoms with Crippen molar-refractivity contribution < 1.29 is 29.0 Å². The van der Waals surface area contributed by atoms with Crippen LogP contribution in [0.2, 0.25) is 0 Å². The van der Waals surface area contributed by atoms with Gasteiger partial charge >= 0.3 is 5.97 Å². The molecule has 2 N–H and O–H groups in total. The Labute approximate surface area is 190 Å². The SMILES string of the molecule is O=C(O)C1=CN2C(C(=O)N(Cc3ccc(F)cc3)CN2CCCc2ccccc2)C(O)C1=O. The molecule has 2 aliphatic rings. The molecule has 0 radical (unpaired) electrons. The number of ketones is 1. The summed E-state index contributed by atoms with van der Waals surface area (Å²) in [6, 6.07) is 14.3. The minimum absolute atomic E-state index is 0.131. The number of carboxylic acids is 1. The molecule has 1 amide bonds. The third kappa shape index (κ3) is 4.79. The van der Waals surface area contributed by atoms with Crippen molar-refractivity contribution in [3.8, 4) is 0 Å². The van der Waals surface area contributed by atoms with Crippen LogP contribution in [0.3, 0.4) is 0 Å². The molecule has 33 heavy (non-hydrogen) atoms. The number of fused-ring (bicyclic) bond motifs is 1. The Balaban J connectivity index is 1.59. The van der Waals surface area contributed by atoms with E-state index in [2.05, 4.69) is 0 Å². The predicted octanol–water partition coefficient (Wildman–Crippen LogP) is 1.56. The third-order valence-corrected chi connectivity index (χ3v) is 5.85. The number of carbonyl (C=O) groups excluding carboxylic acids is 2. The number of aliphatic hydroxyl groups is 1. The number of aryl methyl sites for hydroxylation is 1. The summed E-state index contributed by atoms with van der Waals surface area (Å²) in [6.45, 7) is 0.754. The maximum atomic E-state index is 13.3. The normalized spacial score (nSPS) is 21.1. The van der Waals surface area contributed by atoms with Crippen LogP contribution in [-0.2, 0) is 27.3 Å². The number of hydrazine groups is 1. The maximum Gasteiger partial charge on any atom is 0.340 e. The van der Waals surface area contributed by atoms with Crippen molar-refractivity contribution in [2.75, 3.05) is 13.2 Å². The molecule has 0 bridgehead atoms. The average molecular weight is 453 g/mol. The Morgan fingerprint density at radius 3 is 2.39 bits per heavy atom. The van der Waals surface area contributed by atoms with Crippen LogP contribution in [0, 0.1) is 5.82 Å². The predicted molar refractivity (Wildman–Crippen MR) is 116 cm³/mol. The summed E-state index contributed by atoms with van der Waals surface area (Å²) in [5, 5.41) is 23.1. The highest BCUT2D eigenvalue weighted by atomic mass is 19.1. The first-order valence-corrected chi connectivity index (χ1v) is 10.6. The number of aliphatic hydroxyl groups excluding tert-OH is 1. The molecule has 8 nitrogen and oxygen atoms in total. The van der Waals surface area contributed by atoms with Crippen molar-refractivity contribution in [1.82, 2.24) is 14.9 Å². The number of carboxylic acid groups (broad SMARTS) is 1. The minimum atomic E-state index is -1.80. The van der Waals surface area contributed by atoms with Crippen molar-refractivity contribution >= 4 is 17.7 Å². The van der Waals surface area contributed by atoms with Crippen LogP contribution < -0.4 is 0 Å². The van der Waals surface area contributed by atoms with Gasteiger partial charge in [0.15, 0.2) is 6.04 Å². The van der Waals surface area contributed by atoms with Gasteiger partial charge in [0.1, 0.15) is 17.5 Å². The van der Waals surface area contributed by atoms with Gasteiger partial charge < -0.3 is 15.1 Å². The van der Waals surface area contributed by atoms with E-state index in [1.807, 2.05) is 30.3 Å². The molecule has 1 fully saturated rings. The second-order valence-electron chi connectivity index (χ2n) is 8.11. The lowest BCUT2D eigenvalue weighted by Crippen LogP contribution is -2.68. The number of amides is 1. The number of nitrogens with zero attached hydrogens (tertiary/aromatic N) is 3. The van der Waals surface area contributed by atoms with E-state index in [0.717, 1.165) is 18.2 Å².